The number of nitrogens with two attached hydrogens (primary N) is 1. The van der Waals surface area contributed by atoms with E-state index in [9.17, 15) is 4.79 Å². The van der Waals surface area contributed by atoms with Crippen LogP contribution in [0.1, 0.15) is 31.1 Å². The van der Waals surface area contributed by atoms with Gasteiger partial charge in [0.25, 0.3) is 0 Å². The van der Waals surface area contributed by atoms with Gasteiger partial charge < -0.3 is 5.73 Å². The summed E-state index contributed by atoms with van der Waals surface area (Å²) in [5, 5.41) is 6.47. The molecule has 3 N–H and O–H groups in total. The summed E-state index contributed by atoms with van der Waals surface area (Å²) in [4.78, 5) is 11.3. The van der Waals surface area contributed by atoms with Crippen LogP contribution in [0, 0.1) is 0 Å². The summed E-state index contributed by atoms with van der Waals surface area (Å²) in [6.07, 6.45) is 3.90. The summed E-state index contributed by atoms with van der Waals surface area (Å²) in [7, 11) is 0. The largest absolute Gasteiger partial charge is 0.343 e. The molecule has 13 heavy (non-hydrogen) atoms. The Balaban J connectivity index is 2.18. The van der Waals surface area contributed by atoms with Gasteiger partial charge >= 0.3 is 5.69 Å². The van der Waals surface area contributed by atoms with Crippen LogP contribution in [0.2, 0.25) is 0 Å². The molecule has 1 saturated carbocycles. The number of nitrogens with zero attached hydrogens (tertiary/aromatic N) is 2. The number of hydrogen-bond acceptors (Lipinski definition) is 3. The topological polar surface area (TPSA) is 76.7 Å². The molecule has 0 spiro atoms. The normalized spacial score (nSPS) is 16.4. The molecule has 1 aromatic rings. The van der Waals surface area contributed by atoms with Crippen LogP contribution in [-0.2, 0) is 6.42 Å². The molecular formula is C8H14N4O. The maximum absolute atomic E-state index is 11.3. The third-order valence-electron chi connectivity index (χ3n) is 2.29. The molecule has 5 heteroatoms. The van der Waals surface area contributed by atoms with Crippen LogP contribution in [0.15, 0.2) is 4.79 Å². The summed E-state index contributed by atoms with van der Waals surface area (Å²) < 4.78 is 1.77. The molecule has 1 fully saturated rings. The Morgan fingerprint density at radius 1 is 1.62 bits per heavy atom. The molecule has 0 aromatic carbocycles. The molecule has 0 bridgehead atoms. The van der Waals surface area contributed by atoms with Crippen LogP contribution in [0.4, 0.5) is 0 Å². The van der Waals surface area contributed by atoms with Gasteiger partial charge in [-0.3, -0.25) is 4.57 Å². The third-order valence-corrected chi connectivity index (χ3v) is 2.29. The Kier molecular flexibility index (Phi) is 2.18. The minimum Gasteiger partial charge on any atom is -0.330 e. The van der Waals surface area contributed by atoms with Gasteiger partial charge in [-0.05, 0) is 25.8 Å². The van der Waals surface area contributed by atoms with Crippen LogP contribution < -0.4 is 11.4 Å². The quantitative estimate of drug-likeness (QED) is 0.676. The lowest BCUT2D eigenvalue weighted by atomic mass is 10.3. The summed E-state index contributed by atoms with van der Waals surface area (Å²) in [5.41, 5.74) is 5.33. The fourth-order valence-electron chi connectivity index (χ4n) is 1.48. The number of rotatable bonds is 4. The van der Waals surface area contributed by atoms with Gasteiger partial charge in [-0.15, -0.1) is 0 Å². The first-order valence-corrected chi connectivity index (χ1v) is 4.69. The Morgan fingerprint density at radius 2 is 2.38 bits per heavy atom. The zero-order valence-electron chi connectivity index (χ0n) is 7.49. The van der Waals surface area contributed by atoms with Crippen LogP contribution in [0.3, 0.4) is 0 Å². The van der Waals surface area contributed by atoms with Gasteiger partial charge in [0.05, 0.1) is 0 Å². The van der Waals surface area contributed by atoms with Crippen molar-refractivity contribution < 1.29 is 0 Å². The number of H-pyrrole nitrogens is 1. The second kappa shape index (κ2) is 3.33. The first-order chi connectivity index (χ1) is 6.33. The highest BCUT2D eigenvalue weighted by Gasteiger charge is 2.27. The number of nitrogens with one attached hydrogen (secondary N) is 1. The Labute approximate surface area is 75.9 Å². The third kappa shape index (κ3) is 1.65. The van der Waals surface area contributed by atoms with Crippen molar-refractivity contribution in [2.75, 3.05) is 6.54 Å². The molecule has 72 valence electrons. The van der Waals surface area contributed by atoms with Crippen molar-refractivity contribution in [1.29, 1.82) is 0 Å². The first kappa shape index (κ1) is 8.50. The summed E-state index contributed by atoms with van der Waals surface area (Å²) >= 11 is 0. The van der Waals surface area contributed by atoms with Gasteiger partial charge in [0, 0.05) is 12.5 Å². The van der Waals surface area contributed by atoms with E-state index >= 15 is 0 Å². The molecule has 0 unspecified atom stereocenters. The SMILES string of the molecule is NCCCc1n[nH]c(=O)n1C1CC1. The van der Waals surface area contributed by atoms with Gasteiger partial charge in [0.15, 0.2) is 0 Å². The molecule has 0 aliphatic heterocycles. The van der Waals surface area contributed by atoms with Crippen molar-refractivity contribution in [3.05, 3.63) is 16.3 Å². The number of hydrogen-bond donors (Lipinski definition) is 2. The monoisotopic (exact) mass is 182 g/mol. The zero-order chi connectivity index (χ0) is 9.26. The second-order valence-corrected chi connectivity index (χ2v) is 3.44. The van der Waals surface area contributed by atoms with Crippen LogP contribution in [0.25, 0.3) is 0 Å². The van der Waals surface area contributed by atoms with E-state index in [2.05, 4.69) is 10.2 Å². The van der Waals surface area contributed by atoms with E-state index in [1.165, 1.54) is 0 Å². The molecule has 5 nitrogen and oxygen atoms in total. The fourth-order valence-corrected chi connectivity index (χ4v) is 1.48. The maximum Gasteiger partial charge on any atom is 0.343 e. The van der Waals surface area contributed by atoms with E-state index in [1.807, 2.05) is 0 Å². The van der Waals surface area contributed by atoms with E-state index in [0.717, 1.165) is 31.5 Å². The van der Waals surface area contributed by atoms with Crippen molar-refractivity contribution in [2.24, 2.45) is 5.73 Å². The van der Waals surface area contributed by atoms with Gasteiger partial charge in [0.1, 0.15) is 5.82 Å². The minimum absolute atomic E-state index is 0.0745. The molecule has 1 aliphatic carbocycles. The number of aromatic nitrogens is 3. The van der Waals surface area contributed by atoms with Crippen molar-refractivity contribution in [3.63, 3.8) is 0 Å². The molecule has 1 aromatic heterocycles. The number of aryl methyl sites for hydroxylation is 1. The van der Waals surface area contributed by atoms with Crippen molar-refractivity contribution in [1.82, 2.24) is 14.8 Å². The Morgan fingerprint density at radius 3 is 3.00 bits per heavy atom. The zero-order valence-corrected chi connectivity index (χ0v) is 7.49. The predicted molar refractivity (Wildman–Crippen MR) is 48.5 cm³/mol. The first-order valence-electron chi connectivity index (χ1n) is 4.69. The average molecular weight is 182 g/mol. The van der Waals surface area contributed by atoms with Crippen molar-refractivity contribution >= 4 is 0 Å². The van der Waals surface area contributed by atoms with Gasteiger partial charge in [0.2, 0.25) is 0 Å². The summed E-state index contributed by atoms with van der Waals surface area (Å²) in [6, 6.07) is 0.402. The molecule has 0 amide bonds. The molecule has 0 atom stereocenters. The predicted octanol–water partition coefficient (Wildman–Crippen LogP) is -0.202. The van der Waals surface area contributed by atoms with Crippen LogP contribution in [0.5, 0.6) is 0 Å². The van der Waals surface area contributed by atoms with Gasteiger partial charge in [-0.1, -0.05) is 0 Å². The molecule has 1 aliphatic rings. The highest BCUT2D eigenvalue weighted by atomic mass is 16.1. The van der Waals surface area contributed by atoms with Crippen molar-refractivity contribution in [2.45, 2.75) is 31.7 Å². The highest BCUT2D eigenvalue weighted by Crippen LogP contribution is 2.34. The summed E-state index contributed by atoms with van der Waals surface area (Å²) in [5.74, 6) is 0.859. The van der Waals surface area contributed by atoms with Crippen molar-refractivity contribution in [3.8, 4) is 0 Å². The molecule has 2 rings (SSSR count). The summed E-state index contributed by atoms with van der Waals surface area (Å²) in [6.45, 7) is 0.645. The second-order valence-electron chi connectivity index (χ2n) is 3.44. The van der Waals surface area contributed by atoms with E-state index in [-0.39, 0.29) is 5.69 Å². The highest BCUT2D eigenvalue weighted by molar-refractivity contribution is 4.95. The van der Waals surface area contributed by atoms with E-state index < -0.39 is 0 Å². The Hall–Kier alpha value is -1.10. The average Bonchev–Trinajstić information content (AvgIpc) is 2.88. The standard InChI is InChI=1S/C8H14N4O/c9-5-1-2-7-10-11-8(13)12(7)6-3-4-6/h6H,1-5,9H2,(H,11,13). The van der Waals surface area contributed by atoms with Gasteiger partial charge in [-0.2, -0.15) is 5.10 Å². The lowest BCUT2D eigenvalue weighted by Crippen LogP contribution is -2.18. The number of aromatic amines is 1. The smallest absolute Gasteiger partial charge is 0.330 e. The molecule has 0 saturated heterocycles. The lowest BCUT2D eigenvalue weighted by molar-refractivity contribution is 0.643. The molecule has 1 heterocycles. The fraction of sp³-hybridized carbons (Fsp3) is 0.750. The van der Waals surface area contributed by atoms with Crippen LogP contribution in [-0.4, -0.2) is 21.3 Å². The molecular weight excluding hydrogens is 168 g/mol. The van der Waals surface area contributed by atoms with E-state index in [0.29, 0.717) is 12.6 Å². The maximum atomic E-state index is 11.3. The van der Waals surface area contributed by atoms with Gasteiger partial charge in [-0.25, -0.2) is 9.89 Å². The van der Waals surface area contributed by atoms with Crippen LogP contribution >= 0.6 is 0 Å². The lowest BCUT2D eigenvalue weighted by Gasteiger charge is -2.01. The molecule has 0 radical (unpaired) electrons. The van der Waals surface area contributed by atoms with E-state index in [4.69, 9.17) is 5.73 Å². The Bertz CT molecular complexity index is 336. The van der Waals surface area contributed by atoms with E-state index in [1.54, 1.807) is 4.57 Å². The minimum atomic E-state index is -0.0745.